The number of Topliss-reactive ketones (excluding diaryl/α,β-unsaturated/α-hetero) is 1. The van der Waals surface area contributed by atoms with E-state index in [2.05, 4.69) is 0 Å². The Bertz CT molecular complexity index is 772. The normalized spacial score (nSPS) is 11.3. The molecule has 0 amide bonds. The standard InChI is InChI=1S/C15H12ClFO3S/c16-13-7-3-1-5-11(13)9-21(19,20)10-15(18)12-6-2-4-8-14(12)17/h1-8H,9-10H2. The Kier molecular flexibility index (Phi) is 4.75. The molecular formula is C15H12ClFO3S. The number of hydrogen-bond donors (Lipinski definition) is 0. The summed E-state index contributed by atoms with van der Waals surface area (Å²) in [6.07, 6.45) is 0. The van der Waals surface area contributed by atoms with Crippen molar-refractivity contribution in [3.05, 3.63) is 70.5 Å². The Morgan fingerprint density at radius 2 is 1.67 bits per heavy atom. The van der Waals surface area contributed by atoms with Gasteiger partial charge >= 0.3 is 0 Å². The van der Waals surface area contributed by atoms with Crippen LogP contribution in [0.1, 0.15) is 15.9 Å². The average molecular weight is 327 g/mol. The second-order valence-electron chi connectivity index (χ2n) is 4.53. The highest BCUT2D eigenvalue weighted by Gasteiger charge is 2.21. The molecule has 0 spiro atoms. The molecule has 0 radical (unpaired) electrons. The lowest BCUT2D eigenvalue weighted by molar-refractivity contribution is 0.101. The van der Waals surface area contributed by atoms with E-state index < -0.39 is 27.2 Å². The van der Waals surface area contributed by atoms with E-state index in [4.69, 9.17) is 11.6 Å². The Balaban J connectivity index is 2.17. The largest absolute Gasteiger partial charge is 0.293 e. The fourth-order valence-electron chi connectivity index (χ4n) is 1.87. The molecule has 0 heterocycles. The van der Waals surface area contributed by atoms with E-state index in [9.17, 15) is 17.6 Å². The molecule has 2 aromatic rings. The number of sulfone groups is 1. The SMILES string of the molecule is O=C(CS(=O)(=O)Cc1ccccc1Cl)c1ccccc1F. The van der Waals surface area contributed by atoms with Crippen LogP contribution < -0.4 is 0 Å². The third-order valence-corrected chi connectivity index (χ3v) is 4.68. The van der Waals surface area contributed by atoms with Crippen LogP contribution in [0.5, 0.6) is 0 Å². The van der Waals surface area contributed by atoms with Crippen LogP contribution in [-0.4, -0.2) is 20.0 Å². The van der Waals surface area contributed by atoms with E-state index in [-0.39, 0.29) is 11.3 Å². The average Bonchev–Trinajstić information content (AvgIpc) is 2.41. The molecule has 0 saturated heterocycles. The fraction of sp³-hybridized carbons (Fsp3) is 0.133. The van der Waals surface area contributed by atoms with Gasteiger partial charge in [0.1, 0.15) is 11.6 Å². The zero-order chi connectivity index (χ0) is 15.5. The first-order chi connectivity index (χ1) is 9.89. The van der Waals surface area contributed by atoms with Crippen molar-refractivity contribution in [2.75, 3.05) is 5.75 Å². The van der Waals surface area contributed by atoms with Crippen LogP contribution >= 0.6 is 11.6 Å². The van der Waals surface area contributed by atoms with Crippen molar-refractivity contribution >= 4 is 27.2 Å². The van der Waals surface area contributed by atoms with E-state index in [1.165, 1.54) is 18.2 Å². The van der Waals surface area contributed by atoms with E-state index in [0.717, 1.165) is 6.07 Å². The van der Waals surface area contributed by atoms with Crippen molar-refractivity contribution in [1.82, 2.24) is 0 Å². The molecular weight excluding hydrogens is 315 g/mol. The minimum atomic E-state index is -3.72. The maximum atomic E-state index is 13.5. The van der Waals surface area contributed by atoms with Gasteiger partial charge in [0.2, 0.25) is 0 Å². The number of halogens is 2. The summed E-state index contributed by atoms with van der Waals surface area (Å²) in [6.45, 7) is 0. The summed E-state index contributed by atoms with van der Waals surface area (Å²) in [5.41, 5.74) is 0.195. The van der Waals surface area contributed by atoms with E-state index in [1.54, 1.807) is 24.3 Å². The predicted molar refractivity (Wildman–Crippen MR) is 79.7 cm³/mol. The fourth-order valence-corrected chi connectivity index (χ4v) is 3.53. The van der Waals surface area contributed by atoms with Gasteiger partial charge < -0.3 is 0 Å². The van der Waals surface area contributed by atoms with Gasteiger partial charge in [-0.3, -0.25) is 4.79 Å². The van der Waals surface area contributed by atoms with Crippen LogP contribution in [0.15, 0.2) is 48.5 Å². The Morgan fingerprint density at radius 3 is 2.33 bits per heavy atom. The molecule has 0 fully saturated rings. The van der Waals surface area contributed by atoms with Crippen LogP contribution in [-0.2, 0) is 15.6 Å². The molecule has 2 aromatic carbocycles. The van der Waals surface area contributed by atoms with Crippen molar-refractivity contribution in [3.63, 3.8) is 0 Å². The highest BCUT2D eigenvalue weighted by atomic mass is 35.5. The summed E-state index contributed by atoms with van der Waals surface area (Å²) < 4.78 is 37.6. The molecule has 6 heteroatoms. The molecule has 2 rings (SSSR count). The number of ketones is 1. The van der Waals surface area contributed by atoms with Crippen molar-refractivity contribution in [1.29, 1.82) is 0 Å². The second-order valence-corrected chi connectivity index (χ2v) is 7.00. The zero-order valence-corrected chi connectivity index (χ0v) is 12.5. The van der Waals surface area contributed by atoms with Gasteiger partial charge in [-0.15, -0.1) is 0 Å². The highest BCUT2D eigenvalue weighted by Crippen LogP contribution is 2.19. The van der Waals surface area contributed by atoms with Gasteiger partial charge in [-0.25, -0.2) is 12.8 Å². The second kappa shape index (κ2) is 6.37. The number of rotatable bonds is 5. The summed E-state index contributed by atoms with van der Waals surface area (Å²) in [5, 5.41) is 0.319. The molecule has 0 aliphatic rings. The van der Waals surface area contributed by atoms with Crippen molar-refractivity contribution < 1.29 is 17.6 Å². The Labute approximate surface area is 127 Å². The summed E-state index contributed by atoms with van der Waals surface area (Å²) in [7, 11) is -3.72. The number of carbonyl (C=O) groups is 1. The van der Waals surface area contributed by atoms with E-state index in [1.807, 2.05) is 0 Å². The van der Waals surface area contributed by atoms with Gasteiger partial charge in [-0.2, -0.15) is 0 Å². The maximum Gasteiger partial charge on any atom is 0.180 e. The Morgan fingerprint density at radius 1 is 1.05 bits per heavy atom. The molecule has 110 valence electrons. The first-order valence-electron chi connectivity index (χ1n) is 6.10. The molecule has 0 unspecified atom stereocenters. The van der Waals surface area contributed by atoms with Crippen molar-refractivity contribution in [2.24, 2.45) is 0 Å². The topological polar surface area (TPSA) is 51.2 Å². The summed E-state index contributed by atoms with van der Waals surface area (Å²) in [5.74, 6) is -2.60. The lowest BCUT2D eigenvalue weighted by atomic mass is 10.1. The maximum absolute atomic E-state index is 13.5. The third kappa shape index (κ3) is 4.12. The van der Waals surface area contributed by atoms with E-state index in [0.29, 0.717) is 10.6 Å². The molecule has 21 heavy (non-hydrogen) atoms. The van der Waals surface area contributed by atoms with Gasteiger partial charge in [0.15, 0.2) is 15.6 Å². The molecule has 0 N–H and O–H groups in total. The van der Waals surface area contributed by atoms with Gasteiger partial charge in [-0.05, 0) is 23.8 Å². The molecule has 0 saturated carbocycles. The molecule has 0 aromatic heterocycles. The van der Waals surface area contributed by atoms with Crippen molar-refractivity contribution in [3.8, 4) is 0 Å². The number of hydrogen-bond acceptors (Lipinski definition) is 3. The van der Waals surface area contributed by atoms with Crippen LogP contribution in [0, 0.1) is 5.82 Å². The molecule has 0 aliphatic heterocycles. The van der Waals surface area contributed by atoms with Gasteiger partial charge in [0.25, 0.3) is 0 Å². The first-order valence-corrected chi connectivity index (χ1v) is 8.30. The molecule has 0 atom stereocenters. The monoisotopic (exact) mass is 326 g/mol. The third-order valence-electron chi connectivity index (χ3n) is 2.86. The van der Waals surface area contributed by atoms with Crippen molar-refractivity contribution in [2.45, 2.75) is 5.75 Å². The first kappa shape index (κ1) is 15.7. The van der Waals surface area contributed by atoms with Gasteiger partial charge in [-0.1, -0.05) is 41.9 Å². The lowest BCUT2D eigenvalue weighted by Crippen LogP contribution is -2.19. The lowest BCUT2D eigenvalue weighted by Gasteiger charge is -2.06. The molecule has 0 aliphatic carbocycles. The van der Waals surface area contributed by atoms with Crippen LogP contribution in [0.3, 0.4) is 0 Å². The molecule has 0 bridgehead atoms. The highest BCUT2D eigenvalue weighted by molar-refractivity contribution is 7.91. The Hall–Kier alpha value is -1.72. The number of benzene rings is 2. The minimum Gasteiger partial charge on any atom is -0.293 e. The minimum absolute atomic E-state index is 0.222. The predicted octanol–water partition coefficient (Wildman–Crippen LogP) is 3.28. The summed E-state index contributed by atoms with van der Waals surface area (Å²) >= 11 is 5.90. The quantitative estimate of drug-likeness (QED) is 0.792. The summed E-state index contributed by atoms with van der Waals surface area (Å²) in [4.78, 5) is 11.9. The zero-order valence-electron chi connectivity index (χ0n) is 10.9. The van der Waals surface area contributed by atoms with E-state index >= 15 is 0 Å². The molecule has 3 nitrogen and oxygen atoms in total. The van der Waals surface area contributed by atoms with Crippen LogP contribution in [0.2, 0.25) is 5.02 Å². The summed E-state index contributed by atoms with van der Waals surface area (Å²) in [6, 6.07) is 11.8. The van der Waals surface area contributed by atoms with Crippen LogP contribution in [0.4, 0.5) is 4.39 Å². The van der Waals surface area contributed by atoms with Crippen LogP contribution in [0.25, 0.3) is 0 Å². The van der Waals surface area contributed by atoms with Gasteiger partial charge in [0, 0.05) is 5.02 Å². The van der Waals surface area contributed by atoms with Gasteiger partial charge in [0.05, 0.1) is 11.3 Å². The number of carbonyl (C=O) groups excluding carboxylic acids is 1. The smallest absolute Gasteiger partial charge is 0.180 e.